The Morgan fingerprint density at radius 2 is 1.77 bits per heavy atom. The topological polar surface area (TPSA) is 43.8 Å². The molecule has 3 aromatic rings. The van der Waals surface area contributed by atoms with Crippen molar-refractivity contribution in [3.63, 3.8) is 0 Å². The van der Waals surface area contributed by atoms with Gasteiger partial charge in [-0.1, -0.05) is 44.4 Å². The van der Waals surface area contributed by atoms with Crippen molar-refractivity contribution in [1.82, 2.24) is 9.55 Å². The monoisotopic (exact) mass is 403 g/mol. The van der Waals surface area contributed by atoms with Gasteiger partial charge in [-0.05, 0) is 88.0 Å². The van der Waals surface area contributed by atoms with Crippen LogP contribution in [0.15, 0.2) is 12.1 Å². The Hall–Kier alpha value is -2.29. The molecule has 0 fully saturated rings. The average Bonchev–Trinajstić information content (AvgIpc) is 3.00. The second kappa shape index (κ2) is 8.09. The lowest BCUT2D eigenvalue weighted by Crippen LogP contribution is -2.13. The SMILES string of the molecule is CCCc1c(C)nc2c(c1N)c1c(n2-c2c(C)cc(C)cc2C)CCCC1CCC. The molecular formula is C27H37N3. The van der Waals surface area contributed by atoms with Crippen molar-refractivity contribution in [2.45, 2.75) is 92.4 Å². The first-order valence-electron chi connectivity index (χ1n) is 11.8. The minimum Gasteiger partial charge on any atom is -0.398 e. The molecule has 1 aliphatic rings. The van der Waals surface area contributed by atoms with Crippen LogP contribution in [0.1, 0.15) is 91.1 Å². The summed E-state index contributed by atoms with van der Waals surface area (Å²) in [6.07, 6.45) is 8.16. The number of aryl methyl sites for hydroxylation is 4. The van der Waals surface area contributed by atoms with E-state index in [1.54, 1.807) is 0 Å². The fraction of sp³-hybridized carbons (Fsp3) is 0.519. The third-order valence-corrected chi connectivity index (χ3v) is 6.96. The van der Waals surface area contributed by atoms with Crippen LogP contribution in [0, 0.1) is 27.7 Å². The van der Waals surface area contributed by atoms with Gasteiger partial charge in [-0.15, -0.1) is 0 Å². The van der Waals surface area contributed by atoms with Gasteiger partial charge in [0.15, 0.2) is 0 Å². The van der Waals surface area contributed by atoms with E-state index in [2.05, 4.69) is 58.2 Å². The molecule has 2 aromatic heterocycles. The van der Waals surface area contributed by atoms with Crippen LogP contribution in [0.5, 0.6) is 0 Å². The smallest absolute Gasteiger partial charge is 0.147 e. The molecule has 3 heteroatoms. The van der Waals surface area contributed by atoms with Gasteiger partial charge < -0.3 is 5.73 Å². The van der Waals surface area contributed by atoms with Crippen LogP contribution in [0.3, 0.4) is 0 Å². The lowest BCUT2D eigenvalue weighted by molar-refractivity contribution is 0.511. The molecule has 4 rings (SSSR count). The van der Waals surface area contributed by atoms with E-state index in [0.29, 0.717) is 5.92 Å². The molecule has 0 aliphatic heterocycles. The summed E-state index contributed by atoms with van der Waals surface area (Å²) >= 11 is 0. The molecule has 1 aromatic carbocycles. The first-order chi connectivity index (χ1) is 14.4. The molecule has 1 aliphatic carbocycles. The summed E-state index contributed by atoms with van der Waals surface area (Å²) in [5.41, 5.74) is 19.5. The minimum atomic E-state index is 0.592. The Labute approximate surface area is 181 Å². The Bertz CT molecular complexity index is 1080. The fourth-order valence-corrected chi connectivity index (χ4v) is 5.88. The van der Waals surface area contributed by atoms with Crippen LogP contribution >= 0.6 is 0 Å². The summed E-state index contributed by atoms with van der Waals surface area (Å²) in [6.45, 7) is 13.3. The molecule has 160 valence electrons. The molecule has 0 saturated heterocycles. The van der Waals surface area contributed by atoms with Crippen LogP contribution in [-0.4, -0.2) is 9.55 Å². The van der Waals surface area contributed by atoms with Gasteiger partial charge in [0.25, 0.3) is 0 Å². The summed E-state index contributed by atoms with van der Waals surface area (Å²) < 4.78 is 2.48. The van der Waals surface area contributed by atoms with Crippen molar-refractivity contribution in [2.24, 2.45) is 0 Å². The quantitative estimate of drug-likeness (QED) is 0.498. The maximum Gasteiger partial charge on any atom is 0.147 e. The van der Waals surface area contributed by atoms with Crippen molar-refractivity contribution in [1.29, 1.82) is 0 Å². The highest BCUT2D eigenvalue weighted by Crippen LogP contribution is 2.46. The van der Waals surface area contributed by atoms with Gasteiger partial charge in [-0.25, -0.2) is 4.98 Å². The number of pyridine rings is 1. The molecular weight excluding hydrogens is 366 g/mol. The first kappa shape index (κ1) is 21.0. The number of rotatable bonds is 5. The molecule has 2 N–H and O–H groups in total. The van der Waals surface area contributed by atoms with Crippen LogP contribution in [0.25, 0.3) is 16.7 Å². The first-order valence-corrected chi connectivity index (χ1v) is 11.8. The summed E-state index contributed by atoms with van der Waals surface area (Å²) in [5, 5.41) is 1.25. The lowest BCUT2D eigenvalue weighted by Gasteiger charge is -2.25. The molecule has 0 radical (unpaired) electrons. The number of nitrogens with zero attached hydrogens (tertiary/aromatic N) is 2. The number of nitrogen functional groups attached to an aromatic ring is 1. The summed E-state index contributed by atoms with van der Waals surface area (Å²) in [5.74, 6) is 0.592. The maximum atomic E-state index is 6.93. The van der Waals surface area contributed by atoms with Crippen molar-refractivity contribution in [3.05, 3.63) is 51.3 Å². The van der Waals surface area contributed by atoms with E-state index in [9.17, 15) is 0 Å². The molecule has 1 unspecified atom stereocenters. The number of nitrogens with two attached hydrogens (primary N) is 1. The van der Waals surface area contributed by atoms with Crippen LogP contribution in [-0.2, 0) is 12.8 Å². The Morgan fingerprint density at radius 3 is 2.40 bits per heavy atom. The Balaban J connectivity index is 2.14. The van der Waals surface area contributed by atoms with Gasteiger partial charge in [-0.3, -0.25) is 4.57 Å². The number of anilines is 1. The van der Waals surface area contributed by atoms with Crippen molar-refractivity contribution >= 4 is 16.7 Å². The molecule has 0 saturated carbocycles. The van der Waals surface area contributed by atoms with E-state index in [0.717, 1.165) is 36.3 Å². The fourth-order valence-electron chi connectivity index (χ4n) is 5.88. The predicted octanol–water partition coefficient (Wildman–Crippen LogP) is 7.01. The van der Waals surface area contributed by atoms with E-state index in [4.69, 9.17) is 10.7 Å². The zero-order valence-corrected chi connectivity index (χ0v) is 19.7. The van der Waals surface area contributed by atoms with Gasteiger partial charge in [0, 0.05) is 22.5 Å². The molecule has 30 heavy (non-hydrogen) atoms. The molecule has 0 spiro atoms. The summed E-state index contributed by atoms with van der Waals surface area (Å²) in [7, 11) is 0. The van der Waals surface area contributed by atoms with Crippen molar-refractivity contribution in [2.75, 3.05) is 5.73 Å². The highest BCUT2D eigenvalue weighted by atomic mass is 15.1. The van der Waals surface area contributed by atoms with E-state index in [-0.39, 0.29) is 0 Å². The number of fused-ring (bicyclic) bond motifs is 3. The number of benzene rings is 1. The average molecular weight is 404 g/mol. The van der Waals surface area contributed by atoms with Gasteiger partial charge >= 0.3 is 0 Å². The number of hydrogen-bond donors (Lipinski definition) is 1. The van der Waals surface area contributed by atoms with Gasteiger partial charge in [0.05, 0.1) is 5.69 Å². The molecule has 1 atom stereocenters. The van der Waals surface area contributed by atoms with Gasteiger partial charge in [0.2, 0.25) is 0 Å². The van der Waals surface area contributed by atoms with Gasteiger partial charge in [0.1, 0.15) is 5.65 Å². The second-order valence-corrected chi connectivity index (χ2v) is 9.36. The third kappa shape index (κ3) is 3.23. The normalized spacial score (nSPS) is 16.3. The Kier molecular flexibility index (Phi) is 5.65. The lowest BCUT2D eigenvalue weighted by atomic mass is 9.82. The highest BCUT2D eigenvalue weighted by Gasteiger charge is 2.31. The van der Waals surface area contributed by atoms with Gasteiger partial charge in [-0.2, -0.15) is 0 Å². The van der Waals surface area contributed by atoms with Crippen LogP contribution in [0.2, 0.25) is 0 Å². The standard InChI is InChI=1S/C27H37N3/c1-7-10-20-12-9-13-22-23(20)24-25(28)21(11-8-2)19(6)29-27(24)30(22)26-17(4)14-16(3)15-18(26)5/h14-15,20H,7-13H2,1-6H3,(H2,28,29). The van der Waals surface area contributed by atoms with Crippen molar-refractivity contribution in [3.8, 4) is 5.69 Å². The molecule has 2 heterocycles. The zero-order chi connectivity index (χ0) is 21.6. The minimum absolute atomic E-state index is 0.592. The number of hydrogen-bond acceptors (Lipinski definition) is 2. The maximum absolute atomic E-state index is 6.93. The highest BCUT2D eigenvalue weighted by molar-refractivity contribution is 5.97. The Morgan fingerprint density at radius 1 is 1.07 bits per heavy atom. The predicted molar refractivity (Wildman–Crippen MR) is 129 cm³/mol. The van der Waals surface area contributed by atoms with E-state index < -0.39 is 0 Å². The van der Waals surface area contributed by atoms with Crippen LogP contribution < -0.4 is 5.73 Å². The van der Waals surface area contributed by atoms with E-state index in [1.165, 1.54) is 70.3 Å². The largest absolute Gasteiger partial charge is 0.398 e. The van der Waals surface area contributed by atoms with E-state index in [1.807, 2.05) is 0 Å². The molecule has 0 amide bonds. The third-order valence-electron chi connectivity index (χ3n) is 6.96. The second-order valence-electron chi connectivity index (χ2n) is 9.36. The van der Waals surface area contributed by atoms with Crippen molar-refractivity contribution < 1.29 is 0 Å². The summed E-state index contributed by atoms with van der Waals surface area (Å²) in [6, 6.07) is 4.60. The summed E-state index contributed by atoms with van der Waals surface area (Å²) in [4.78, 5) is 5.22. The van der Waals surface area contributed by atoms with E-state index >= 15 is 0 Å². The molecule has 0 bridgehead atoms. The number of aromatic nitrogens is 2. The van der Waals surface area contributed by atoms with Crippen LogP contribution in [0.4, 0.5) is 5.69 Å². The molecule has 3 nitrogen and oxygen atoms in total. The zero-order valence-electron chi connectivity index (χ0n) is 19.7.